The Balaban J connectivity index is 2.13. The first-order valence-electron chi connectivity index (χ1n) is 5.99. The summed E-state index contributed by atoms with van der Waals surface area (Å²) >= 11 is 11.8. The number of rotatable bonds is 4. The van der Waals surface area contributed by atoms with Crippen molar-refractivity contribution in [2.75, 3.05) is 0 Å². The molecule has 1 aromatic heterocycles. The Morgan fingerprint density at radius 2 is 2.00 bits per heavy atom. The van der Waals surface area contributed by atoms with Gasteiger partial charge in [-0.15, -0.1) is 0 Å². The van der Waals surface area contributed by atoms with Crippen molar-refractivity contribution in [3.63, 3.8) is 0 Å². The van der Waals surface area contributed by atoms with Crippen molar-refractivity contribution in [1.82, 2.24) is 10.1 Å². The second-order valence-electron chi connectivity index (χ2n) is 4.74. The third kappa shape index (κ3) is 3.47. The molecule has 2 N–H and O–H groups in total. The molecule has 0 amide bonds. The average Bonchev–Trinajstić information content (AvgIpc) is 2.81. The maximum atomic E-state index is 5.96. The molecular weight excluding hydrogens is 285 g/mol. The Bertz CT molecular complexity index is 569. The summed E-state index contributed by atoms with van der Waals surface area (Å²) in [4.78, 5) is 4.30. The van der Waals surface area contributed by atoms with Crippen molar-refractivity contribution in [1.29, 1.82) is 0 Å². The first kappa shape index (κ1) is 14.3. The Morgan fingerprint density at radius 1 is 1.26 bits per heavy atom. The summed E-state index contributed by atoms with van der Waals surface area (Å²) < 4.78 is 5.17. The summed E-state index contributed by atoms with van der Waals surface area (Å²) in [6.45, 7) is 4.01. The molecule has 2 rings (SSSR count). The molecule has 2 aromatic rings. The molecule has 0 bridgehead atoms. The highest BCUT2D eigenvalue weighted by Gasteiger charge is 2.18. The van der Waals surface area contributed by atoms with E-state index in [1.807, 2.05) is 19.9 Å². The lowest BCUT2D eigenvalue weighted by Gasteiger charge is -2.09. The lowest BCUT2D eigenvalue weighted by Crippen LogP contribution is -2.17. The predicted octanol–water partition coefficient (Wildman–Crippen LogP) is 3.62. The zero-order valence-corrected chi connectivity index (χ0v) is 12.2. The van der Waals surface area contributed by atoms with Gasteiger partial charge in [-0.25, -0.2) is 0 Å². The average molecular weight is 300 g/mol. The lowest BCUT2D eigenvalue weighted by molar-refractivity contribution is 0.322. The molecule has 0 fully saturated rings. The molecule has 0 saturated heterocycles. The molecule has 6 heteroatoms. The van der Waals surface area contributed by atoms with Crippen molar-refractivity contribution in [2.24, 2.45) is 11.7 Å². The van der Waals surface area contributed by atoms with Crippen molar-refractivity contribution in [3.8, 4) is 0 Å². The van der Waals surface area contributed by atoms with E-state index in [0.29, 0.717) is 28.2 Å². The van der Waals surface area contributed by atoms with E-state index in [9.17, 15) is 0 Å². The Labute approximate surface area is 121 Å². The minimum absolute atomic E-state index is 0.241. The first-order valence-corrected chi connectivity index (χ1v) is 6.75. The van der Waals surface area contributed by atoms with Crippen LogP contribution >= 0.6 is 23.2 Å². The van der Waals surface area contributed by atoms with E-state index >= 15 is 0 Å². The van der Waals surface area contributed by atoms with Gasteiger partial charge < -0.3 is 10.3 Å². The van der Waals surface area contributed by atoms with E-state index in [2.05, 4.69) is 10.1 Å². The Kier molecular flexibility index (Phi) is 4.45. The highest BCUT2D eigenvalue weighted by molar-refractivity contribution is 6.42. The van der Waals surface area contributed by atoms with Gasteiger partial charge in [-0.3, -0.25) is 0 Å². The summed E-state index contributed by atoms with van der Waals surface area (Å²) in [5.74, 6) is 1.30. The van der Waals surface area contributed by atoms with Crippen LogP contribution in [0.1, 0.15) is 37.2 Å². The van der Waals surface area contributed by atoms with Crippen LogP contribution in [0.25, 0.3) is 0 Å². The zero-order chi connectivity index (χ0) is 14.0. The van der Waals surface area contributed by atoms with Gasteiger partial charge in [0.25, 0.3) is 0 Å². The van der Waals surface area contributed by atoms with E-state index in [-0.39, 0.29) is 12.0 Å². The molecule has 102 valence electrons. The van der Waals surface area contributed by atoms with Crippen LogP contribution in [0.2, 0.25) is 10.0 Å². The van der Waals surface area contributed by atoms with E-state index < -0.39 is 0 Å². The van der Waals surface area contributed by atoms with Gasteiger partial charge in [0.1, 0.15) is 0 Å². The molecule has 1 heterocycles. The van der Waals surface area contributed by atoms with Crippen molar-refractivity contribution in [3.05, 3.63) is 45.5 Å². The van der Waals surface area contributed by atoms with Crippen LogP contribution in [0, 0.1) is 5.92 Å². The third-order valence-electron chi connectivity index (χ3n) is 2.83. The summed E-state index contributed by atoms with van der Waals surface area (Å²) in [6.07, 6.45) is 0.533. The number of nitrogens with two attached hydrogens (primary N) is 1. The molecule has 19 heavy (non-hydrogen) atoms. The van der Waals surface area contributed by atoms with E-state index in [1.54, 1.807) is 12.1 Å². The summed E-state index contributed by atoms with van der Waals surface area (Å²) in [5.41, 5.74) is 6.93. The molecule has 1 atom stereocenters. The molecule has 0 aliphatic rings. The number of nitrogens with zero attached hydrogens (tertiary/aromatic N) is 2. The van der Waals surface area contributed by atoms with Gasteiger partial charge in [0.2, 0.25) is 5.89 Å². The zero-order valence-electron chi connectivity index (χ0n) is 10.7. The number of hydrogen-bond acceptors (Lipinski definition) is 4. The molecule has 0 aliphatic carbocycles. The maximum Gasteiger partial charge on any atom is 0.243 e. The minimum Gasteiger partial charge on any atom is -0.338 e. The fourth-order valence-electron chi connectivity index (χ4n) is 1.59. The van der Waals surface area contributed by atoms with Crippen molar-refractivity contribution < 1.29 is 4.52 Å². The normalized spacial score (nSPS) is 12.9. The Hall–Kier alpha value is -1.10. The number of halogens is 2. The number of aromatic nitrogens is 2. The van der Waals surface area contributed by atoms with Crippen molar-refractivity contribution in [2.45, 2.75) is 26.3 Å². The second kappa shape index (κ2) is 5.90. The van der Waals surface area contributed by atoms with Crippen LogP contribution < -0.4 is 5.73 Å². The van der Waals surface area contributed by atoms with Gasteiger partial charge in [0.05, 0.1) is 16.1 Å². The molecular formula is C13H15Cl2N3O. The van der Waals surface area contributed by atoms with Gasteiger partial charge in [0, 0.05) is 6.42 Å². The topological polar surface area (TPSA) is 64.9 Å². The third-order valence-corrected chi connectivity index (χ3v) is 3.57. The van der Waals surface area contributed by atoms with Gasteiger partial charge >= 0.3 is 0 Å². The van der Waals surface area contributed by atoms with E-state index in [1.165, 1.54) is 0 Å². The lowest BCUT2D eigenvalue weighted by atomic mass is 10.1. The molecule has 1 aromatic carbocycles. The van der Waals surface area contributed by atoms with Gasteiger partial charge in [-0.1, -0.05) is 48.3 Å². The van der Waals surface area contributed by atoms with E-state index in [0.717, 1.165) is 5.56 Å². The van der Waals surface area contributed by atoms with Crippen LogP contribution in [0.4, 0.5) is 0 Å². The fourth-order valence-corrected chi connectivity index (χ4v) is 1.91. The van der Waals surface area contributed by atoms with E-state index in [4.69, 9.17) is 33.5 Å². The van der Waals surface area contributed by atoms with Crippen molar-refractivity contribution >= 4 is 23.2 Å². The highest BCUT2D eigenvalue weighted by Crippen LogP contribution is 2.24. The van der Waals surface area contributed by atoms with Gasteiger partial charge in [-0.05, 0) is 23.6 Å². The standard InChI is InChI=1S/C13H15Cl2N3O/c1-7(2)12(16)13-17-11(18-19-13)6-8-3-4-9(14)10(15)5-8/h3-5,7,12H,6,16H2,1-2H3. The smallest absolute Gasteiger partial charge is 0.243 e. The number of benzene rings is 1. The summed E-state index contributed by atoms with van der Waals surface area (Å²) in [6, 6.07) is 5.18. The molecule has 0 spiro atoms. The maximum absolute atomic E-state index is 5.96. The van der Waals surface area contributed by atoms with Crippen LogP contribution in [0.3, 0.4) is 0 Å². The monoisotopic (exact) mass is 299 g/mol. The number of hydrogen-bond donors (Lipinski definition) is 1. The molecule has 4 nitrogen and oxygen atoms in total. The SMILES string of the molecule is CC(C)C(N)c1nc(Cc2ccc(Cl)c(Cl)c2)no1. The quantitative estimate of drug-likeness (QED) is 0.936. The molecule has 1 unspecified atom stereocenters. The largest absolute Gasteiger partial charge is 0.338 e. The Morgan fingerprint density at radius 3 is 2.63 bits per heavy atom. The highest BCUT2D eigenvalue weighted by atomic mass is 35.5. The van der Waals surface area contributed by atoms with Crippen LogP contribution in [0.5, 0.6) is 0 Å². The minimum atomic E-state index is -0.241. The molecule has 0 radical (unpaired) electrons. The van der Waals surface area contributed by atoms with Gasteiger partial charge in [0.15, 0.2) is 5.82 Å². The first-order chi connectivity index (χ1) is 8.97. The van der Waals surface area contributed by atoms with Crippen LogP contribution in [0.15, 0.2) is 22.7 Å². The van der Waals surface area contributed by atoms with Crippen LogP contribution in [-0.4, -0.2) is 10.1 Å². The van der Waals surface area contributed by atoms with Gasteiger partial charge in [-0.2, -0.15) is 4.98 Å². The molecule has 0 saturated carbocycles. The second-order valence-corrected chi connectivity index (χ2v) is 5.56. The summed E-state index contributed by atoms with van der Waals surface area (Å²) in [7, 11) is 0. The summed E-state index contributed by atoms with van der Waals surface area (Å²) in [5, 5.41) is 4.97. The fraction of sp³-hybridized carbons (Fsp3) is 0.385. The predicted molar refractivity (Wildman–Crippen MR) is 75.3 cm³/mol. The van der Waals surface area contributed by atoms with Crippen LogP contribution in [-0.2, 0) is 6.42 Å². The molecule has 0 aliphatic heterocycles.